The van der Waals surface area contributed by atoms with Gasteiger partial charge in [-0.2, -0.15) is 12.6 Å². The number of aliphatic carboxylic acids is 1. The number of carboxylic acids is 1. The number of aromatic amines is 1. The van der Waals surface area contributed by atoms with Crippen molar-refractivity contribution >= 4 is 42.2 Å². The maximum absolute atomic E-state index is 13.6. The molecule has 0 aliphatic rings. The van der Waals surface area contributed by atoms with E-state index in [1.54, 1.807) is 37.4 Å². The highest BCUT2D eigenvalue weighted by Crippen LogP contribution is 2.11. The van der Waals surface area contributed by atoms with Crippen molar-refractivity contribution in [3.63, 3.8) is 0 Å². The van der Waals surface area contributed by atoms with E-state index in [0.717, 1.165) is 5.56 Å². The van der Waals surface area contributed by atoms with Crippen LogP contribution in [0.2, 0.25) is 0 Å². The molecule has 0 aliphatic heterocycles. The number of amides is 4. The Balaban J connectivity index is 2.20. The molecule has 0 saturated carbocycles. The molecule has 0 saturated heterocycles. The van der Waals surface area contributed by atoms with E-state index in [4.69, 9.17) is 11.5 Å². The lowest BCUT2D eigenvalue weighted by Crippen LogP contribution is -2.60. The van der Waals surface area contributed by atoms with Crippen molar-refractivity contribution in [1.29, 1.82) is 0 Å². The largest absolute Gasteiger partial charge is 0.480 e. The summed E-state index contributed by atoms with van der Waals surface area (Å²) < 4.78 is 0. The number of nitrogens with zero attached hydrogens (tertiary/aromatic N) is 1. The number of nitrogens with one attached hydrogen (secondary N) is 5. The van der Waals surface area contributed by atoms with E-state index in [2.05, 4.69) is 43.9 Å². The third-order valence-corrected chi connectivity index (χ3v) is 7.78. The fourth-order valence-electron chi connectivity index (χ4n) is 4.50. The lowest BCUT2D eigenvalue weighted by atomic mass is 9.96. The zero-order valence-corrected chi connectivity index (χ0v) is 26.6. The summed E-state index contributed by atoms with van der Waals surface area (Å²) in [5.74, 6) is -4.18. The van der Waals surface area contributed by atoms with Gasteiger partial charge in [-0.15, -0.1) is 0 Å². The van der Waals surface area contributed by atoms with Gasteiger partial charge >= 0.3 is 5.97 Å². The predicted octanol–water partition coefficient (Wildman–Crippen LogP) is -0.349. The first kappa shape index (κ1) is 37.2. The summed E-state index contributed by atoms with van der Waals surface area (Å²) in [6.07, 6.45) is 5.11. The van der Waals surface area contributed by atoms with Gasteiger partial charge < -0.3 is 42.8 Å². The van der Waals surface area contributed by atoms with Crippen LogP contribution < -0.4 is 32.7 Å². The van der Waals surface area contributed by atoms with Gasteiger partial charge in [0.15, 0.2) is 0 Å². The Labute approximate surface area is 268 Å². The van der Waals surface area contributed by atoms with Gasteiger partial charge in [0.05, 0.1) is 12.4 Å². The number of imidazole rings is 1. The smallest absolute Gasteiger partial charge is 0.326 e. The average molecular weight is 647 g/mol. The number of H-pyrrole nitrogens is 1. The number of thiol groups is 1. The first-order valence-electron chi connectivity index (χ1n) is 15.0. The van der Waals surface area contributed by atoms with E-state index < -0.39 is 59.8 Å². The minimum absolute atomic E-state index is 0.0800. The van der Waals surface area contributed by atoms with E-state index in [1.165, 1.54) is 6.33 Å². The molecular weight excluding hydrogens is 600 g/mol. The molecule has 2 aromatic rings. The number of carbonyl (C=O) groups excluding carboxylic acids is 4. The van der Waals surface area contributed by atoms with E-state index in [9.17, 15) is 29.1 Å². The van der Waals surface area contributed by atoms with Gasteiger partial charge in [0.2, 0.25) is 23.6 Å². The molecule has 6 atom stereocenters. The second kappa shape index (κ2) is 19.4. The Kier molecular flexibility index (Phi) is 16.1. The standard InChI is InChI=1S/C30H46N8O6S/c1-3-18(2)25(38-26(39)21(32)14-20-15-33-17-34-20)29(42)36-23(13-19-9-5-4-6-10-19)27(40)37-24(16-45)28(41)35-22(30(43)44)11-7-8-12-31/h4-6,9-10,15,17-18,21-25,45H,3,7-8,11-14,16,31-32H2,1-2H3,(H,33,34)(H,35,41)(H,36,42)(H,37,40)(H,38,39)(H,43,44)/t18-,21-,22-,23-,24-,25-/m0/s1. The zero-order valence-electron chi connectivity index (χ0n) is 25.7. The number of benzene rings is 1. The number of hydrogen-bond acceptors (Lipinski definition) is 9. The highest BCUT2D eigenvalue weighted by Gasteiger charge is 2.33. The molecule has 2 rings (SSSR count). The molecule has 248 valence electrons. The summed E-state index contributed by atoms with van der Waals surface area (Å²) in [5, 5.41) is 20.1. The third kappa shape index (κ3) is 12.5. The Bertz CT molecular complexity index is 1230. The van der Waals surface area contributed by atoms with Crippen LogP contribution >= 0.6 is 12.6 Å². The monoisotopic (exact) mass is 646 g/mol. The summed E-state index contributed by atoms with van der Waals surface area (Å²) in [7, 11) is 0. The van der Waals surface area contributed by atoms with Crippen LogP contribution in [0.25, 0.3) is 0 Å². The van der Waals surface area contributed by atoms with Gasteiger partial charge in [-0.3, -0.25) is 19.2 Å². The van der Waals surface area contributed by atoms with E-state index in [0.29, 0.717) is 31.5 Å². The molecule has 1 heterocycles. The number of unbranched alkanes of at least 4 members (excludes halogenated alkanes) is 1. The summed E-state index contributed by atoms with van der Waals surface area (Å²) in [6.45, 7) is 4.06. The molecule has 45 heavy (non-hydrogen) atoms. The quantitative estimate of drug-likeness (QED) is 0.0675. The van der Waals surface area contributed by atoms with E-state index in [1.807, 2.05) is 13.0 Å². The van der Waals surface area contributed by atoms with Crippen LogP contribution in [0.5, 0.6) is 0 Å². The van der Waals surface area contributed by atoms with Gasteiger partial charge in [-0.25, -0.2) is 9.78 Å². The SMILES string of the molecule is CC[C@H](C)[C@H](NC(=O)[C@@H](N)Cc1cnc[nH]1)C(=O)N[C@@H](Cc1ccccc1)C(=O)N[C@@H](CS)C(=O)N[C@@H](CCCCN)C(=O)O. The topological polar surface area (TPSA) is 234 Å². The van der Waals surface area contributed by atoms with Crippen molar-refractivity contribution in [3.05, 3.63) is 54.1 Å². The van der Waals surface area contributed by atoms with Crippen LogP contribution in [0.4, 0.5) is 0 Å². The number of carboxylic acid groups (broad SMARTS) is 1. The highest BCUT2D eigenvalue weighted by atomic mass is 32.1. The van der Waals surface area contributed by atoms with Crippen LogP contribution in [0, 0.1) is 5.92 Å². The van der Waals surface area contributed by atoms with Crippen LogP contribution in [0.3, 0.4) is 0 Å². The van der Waals surface area contributed by atoms with Gasteiger partial charge in [0, 0.05) is 30.5 Å². The molecule has 1 aromatic heterocycles. The van der Waals surface area contributed by atoms with Gasteiger partial charge in [0.1, 0.15) is 24.2 Å². The molecule has 14 nitrogen and oxygen atoms in total. The maximum atomic E-state index is 13.6. The fourth-order valence-corrected chi connectivity index (χ4v) is 4.75. The molecule has 10 N–H and O–H groups in total. The molecule has 0 unspecified atom stereocenters. The highest BCUT2D eigenvalue weighted by molar-refractivity contribution is 7.80. The number of rotatable bonds is 20. The molecule has 4 amide bonds. The van der Waals surface area contributed by atoms with Crippen molar-refractivity contribution in [2.75, 3.05) is 12.3 Å². The first-order chi connectivity index (χ1) is 21.5. The Morgan fingerprint density at radius 1 is 0.911 bits per heavy atom. The minimum Gasteiger partial charge on any atom is -0.480 e. The number of nitrogens with two attached hydrogens (primary N) is 2. The van der Waals surface area contributed by atoms with Crippen molar-refractivity contribution in [1.82, 2.24) is 31.2 Å². The molecular formula is C30H46N8O6S. The van der Waals surface area contributed by atoms with Gasteiger partial charge in [-0.05, 0) is 37.3 Å². The number of hydrogen-bond donors (Lipinski definition) is 9. The van der Waals surface area contributed by atoms with Crippen molar-refractivity contribution in [2.45, 2.75) is 82.6 Å². The lowest BCUT2D eigenvalue weighted by Gasteiger charge is -2.28. The van der Waals surface area contributed by atoms with Gasteiger partial charge in [0.25, 0.3) is 0 Å². The maximum Gasteiger partial charge on any atom is 0.326 e. The number of carbonyl (C=O) groups is 5. The normalized spacial score (nSPS) is 15.0. The van der Waals surface area contributed by atoms with Crippen LogP contribution in [0.1, 0.15) is 50.8 Å². The van der Waals surface area contributed by atoms with Crippen molar-refractivity contribution in [2.24, 2.45) is 17.4 Å². The summed E-state index contributed by atoms with van der Waals surface area (Å²) in [5.41, 5.74) is 13.0. The van der Waals surface area contributed by atoms with Gasteiger partial charge in [-0.1, -0.05) is 50.6 Å². The third-order valence-electron chi connectivity index (χ3n) is 7.42. The van der Waals surface area contributed by atoms with Crippen LogP contribution in [0.15, 0.2) is 42.9 Å². The minimum atomic E-state index is -1.21. The summed E-state index contributed by atoms with van der Waals surface area (Å²) in [4.78, 5) is 71.6. The Morgan fingerprint density at radius 3 is 2.13 bits per heavy atom. The van der Waals surface area contributed by atoms with E-state index >= 15 is 0 Å². The summed E-state index contributed by atoms with van der Waals surface area (Å²) in [6, 6.07) is 3.52. The van der Waals surface area contributed by atoms with Crippen molar-refractivity contribution < 1.29 is 29.1 Å². The number of aromatic nitrogens is 2. The second-order valence-corrected chi connectivity index (χ2v) is 11.3. The fraction of sp³-hybridized carbons (Fsp3) is 0.533. The zero-order chi connectivity index (χ0) is 33.4. The van der Waals surface area contributed by atoms with E-state index in [-0.39, 0.29) is 30.9 Å². The molecule has 15 heteroatoms. The molecule has 0 radical (unpaired) electrons. The first-order valence-corrected chi connectivity index (χ1v) is 15.7. The molecule has 0 spiro atoms. The Hall–Kier alpha value is -3.95. The average Bonchev–Trinajstić information content (AvgIpc) is 3.54. The molecule has 0 aliphatic carbocycles. The van der Waals surface area contributed by atoms with Crippen LogP contribution in [-0.2, 0) is 36.8 Å². The predicted molar refractivity (Wildman–Crippen MR) is 172 cm³/mol. The molecule has 0 bridgehead atoms. The summed E-state index contributed by atoms with van der Waals surface area (Å²) >= 11 is 4.19. The second-order valence-electron chi connectivity index (χ2n) is 10.9. The Morgan fingerprint density at radius 2 is 1.56 bits per heavy atom. The van der Waals surface area contributed by atoms with Crippen molar-refractivity contribution in [3.8, 4) is 0 Å². The molecule has 1 aromatic carbocycles. The lowest BCUT2D eigenvalue weighted by molar-refractivity contribution is -0.142. The van der Waals surface area contributed by atoms with Crippen LogP contribution in [-0.4, -0.2) is 87.2 Å². The molecule has 0 fully saturated rings.